The fraction of sp³-hybridized carbons (Fsp3) is 0.524. The lowest BCUT2D eigenvalue weighted by molar-refractivity contribution is -0.145. The van der Waals surface area contributed by atoms with Crippen molar-refractivity contribution in [3.05, 3.63) is 54.4 Å². The standard InChI is InChI=1S/C21H28N4O2/c26-19(17-5-2-1-3-6-17)18-7-15-24(16-8-18)20(27)21(9-12-22-13-10-21)25-14-4-11-23-25/h1-6,11,14,18-19,22,26H,7-10,12-13,15-16H2. The van der Waals surface area contributed by atoms with Crippen LogP contribution in [0.2, 0.25) is 0 Å². The number of carbonyl (C=O) groups is 1. The van der Waals surface area contributed by atoms with Gasteiger partial charge in [-0.2, -0.15) is 5.10 Å². The van der Waals surface area contributed by atoms with Crippen LogP contribution in [0.15, 0.2) is 48.8 Å². The summed E-state index contributed by atoms with van der Waals surface area (Å²) in [5.41, 5.74) is 0.397. The summed E-state index contributed by atoms with van der Waals surface area (Å²) >= 11 is 0. The highest BCUT2D eigenvalue weighted by atomic mass is 16.3. The van der Waals surface area contributed by atoms with E-state index in [4.69, 9.17) is 0 Å². The van der Waals surface area contributed by atoms with Crippen LogP contribution in [0.25, 0.3) is 0 Å². The SMILES string of the molecule is O=C(N1CCC(C(O)c2ccccc2)CC1)C1(n2cccn2)CCNCC1. The highest BCUT2D eigenvalue weighted by molar-refractivity contribution is 5.84. The number of carbonyl (C=O) groups excluding carboxylic acids is 1. The van der Waals surface area contributed by atoms with E-state index in [1.54, 1.807) is 6.20 Å². The largest absolute Gasteiger partial charge is 0.388 e. The molecular weight excluding hydrogens is 340 g/mol. The Bertz CT molecular complexity index is 733. The van der Waals surface area contributed by atoms with Gasteiger partial charge in [-0.1, -0.05) is 30.3 Å². The Morgan fingerprint density at radius 1 is 1.15 bits per heavy atom. The van der Waals surface area contributed by atoms with E-state index in [2.05, 4.69) is 10.4 Å². The Morgan fingerprint density at radius 2 is 1.85 bits per heavy atom. The number of hydrogen-bond acceptors (Lipinski definition) is 4. The van der Waals surface area contributed by atoms with Gasteiger partial charge in [0.25, 0.3) is 5.91 Å². The number of amides is 1. The molecule has 2 saturated heterocycles. The summed E-state index contributed by atoms with van der Waals surface area (Å²) in [6.07, 6.45) is 6.39. The minimum absolute atomic E-state index is 0.181. The molecule has 4 rings (SSSR count). The van der Waals surface area contributed by atoms with Gasteiger partial charge in [0.2, 0.25) is 0 Å². The molecule has 2 aliphatic heterocycles. The van der Waals surface area contributed by atoms with Crippen molar-refractivity contribution in [2.75, 3.05) is 26.2 Å². The Kier molecular flexibility index (Phi) is 5.27. The molecule has 144 valence electrons. The van der Waals surface area contributed by atoms with Crippen molar-refractivity contribution in [1.29, 1.82) is 0 Å². The molecule has 1 amide bonds. The van der Waals surface area contributed by atoms with Gasteiger partial charge < -0.3 is 15.3 Å². The fourth-order valence-corrected chi connectivity index (χ4v) is 4.54. The van der Waals surface area contributed by atoms with Crippen LogP contribution >= 0.6 is 0 Å². The molecule has 2 N–H and O–H groups in total. The zero-order valence-electron chi connectivity index (χ0n) is 15.6. The Balaban J connectivity index is 1.45. The van der Waals surface area contributed by atoms with Crippen LogP contribution in [0.3, 0.4) is 0 Å². The van der Waals surface area contributed by atoms with E-state index in [0.717, 1.165) is 44.3 Å². The summed E-state index contributed by atoms with van der Waals surface area (Å²) in [4.78, 5) is 15.5. The molecule has 0 spiro atoms. The van der Waals surface area contributed by atoms with Crippen LogP contribution in [0, 0.1) is 5.92 Å². The lowest BCUT2D eigenvalue weighted by Gasteiger charge is -2.42. The highest BCUT2D eigenvalue weighted by Crippen LogP contribution is 2.34. The van der Waals surface area contributed by atoms with E-state index >= 15 is 0 Å². The molecule has 0 aliphatic carbocycles. The monoisotopic (exact) mass is 368 g/mol. The number of hydrogen-bond donors (Lipinski definition) is 2. The molecule has 2 aliphatic rings. The topological polar surface area (TPSA) is 70.4 Å². The number of likely N-dealkylation sites (tertiary alicyclic amines) is 1. The molecule has 0 saturated carbocycles. The molecule has 0 bridgehead atoms. The summed E-state index contributed by atoms with van der Waals surface area (Å²) in [7, 11) is 0. The second kappa shape index (κ2) is 7.82. The van der Waals surface area contributed by atoms with Gasteiger partial charge in [0.1, 0.15) is 5.54 Å². The first-order chi connectivity index (χ1) is 13.2. The molecule has 2 aromatic rings. The van der Waals surface area contributed by atoms with Crippen LogP contribution in [0.4, 0.5) is 0 Å². The maximum absolute atomic E-state index is 13.5. The minimum Gasteiger partial charge on any atom is -0.388 e. The number of aliphatic hydroxyl groups is 1. The number of benzene rings is 1. The molecular formula is C21H28N4O2. The van der Waals surface area contributed by atoms with Gasteiger partial charge in [-0.3, -0.25) is 9.48 Å². The highest BCUT2D eigenvalue weighted by Gasteiger charge is 2.45. The van der Waals surface area contributed by atoms with E-state index < -0.39 is 11.6 Å². The number of nitrogens with one attached hydrogen (secondary N) is 1. The van der Waals surface area contributed by atoms with E-state index in [1.165, 1.54) is 0 Å². The molecule has 2 fully saturated rings. The molecule has 1 aromatic heterocycles. The Hall–Kier alpha value is -2.18. The average Bonchev–Trinajstić information content (AvgIpc) is 3.29. The third-order valence-corrected chi connectivity index (χ3v) is 6.19. The predicted octanol–water partition coefficient (Wildman–Crippen LogP) is 1.93. The van der Waals surface area contributed by atoms with Gasteiger partial charge in [0.15, 0.2) is 0 Å². The van der Waals surface area contributed by atoms with Gasteiger partial charge in [-0.25, -0.2) is 0 Å². The Labute approximate surface area is 160 Å². The predicted molar refractivity (Wildman–Crippen MR) is 103 cm³/mol. The van der Waals surface area contributed by atoms with Crippen LogP contribution in [-0.2, 0) is 10.3 Å². The smallest absolute Gasteiger partial charge is 0.250 e. The molecule has 6 nitrogen and oxygen atoms in total. The molecule has 3 heterocycles. The van der Waals surface area contributed by atoms with Gasteiger partial charge in [-0.05, 0) is 56.3 Å². The normalized spacial score (nSPS) is 21.7. The summed E-state index contributed by atoms with van der Waals surface area (Å²) in [5.74, 6) is 0.380. The van der Waals surface area contributed by atoms with Gasteiger partial charge in [0.05, 0.1) is 6.10 Å². The van der Waals surface area contributed by atoms with Crippen molar-refractivity contribution < 1.29 is 9.90 Å². The van der Waals surface area contributed by atoms with Crippen molar-refractivity contribution in [3.8, 4) is 0 Å². The third-order valence-electron chi connectivity index (χ3n) is 6.19. The van der Waals surface area contributed by atoms with Gasteiger partial charge >= 0.3 is 0 Å². The van der Waals surface area contributed by atoms with Gasteiger partial charge in [0, 0.05) is 25.5 Å². The second-order valence-corrected chi connectivity index (χ2v) is 7.72. The molecule has 27 heavy (non-hydrogen) atoms. The first-order valence-electron chi connectivity index (χ1n) is 9.94. The van der Waals surface area contributed by atoms with E-state index in [-0.39, 0.29) is 11.8 Å². The lowest BCUT2D eigenvalue weighted by Crippen LogP contribution is -2.57. The fourth-order valence-electron chi connectivity index (χ4n) is 4.54. The second-order valence-electron chi connectivity index (χ2n) is 7.72. The van der Waals surface area contributed by atoms with Crippen molar-refractivity contribution in [2.45, 2.75) is 37.3 Å². The first kappa shape index (κ1) is 18.2. The minimum atomic E-state index is -0.570. The number of aliphatic hydroxyl groups excluding tert-OH is 1. The summed E-state index contributed by atoms with van der Waals surface area (Å²) in [6.45, 7) is 3.05. The number of piperidine rings is 2. The van der Waals surface area contributed by atoms with E-state index in [1.807, 2.05) is 52.2 Å². The molecule has 1 atom stereocenters. The first-order valence-corrected chi connectivity index (χ1v) is 9.94. The van der Waals surface area contributed by atoms with Crippen LogP contribution in [0.1, 0.15) is 37.4 Å². The molecule has 1 unspecified atom stereocenters. The number of nitrogens with zero attached hydrogens (tertiary/aromatic N) is 3. The van der Waals surface area contributed by atoms with Crippen molar-refractivity contribution >= 4 is 5.91 Å². The Morgan fingerprint density at radius 3 is 2.48 bits per heavy atom. The van der Waals surface area contributed by atoms with E-state index in [0.29, 0.717) is 13.1 Å². The van der Waals surface area contributed by atoms with Crippen molar-refractivity contribution in [2.24, 2.45) is 5.92 Å². The van der Waals surface area contributed by atoms with Crippen LogP contribution in [-0.4, -0.2) is 51.9 Å². The van der Waals surface area contributed by atoms with Crippen molar-refractivity contribution in [3.63, 3.8) is 0 Å². The quantitative estimate of drug-likeness (QED) is 0.865. The number of aromatic nitrogens is 2. The zero-order chi connectivity index (χ0) is 18.7. The van der Waals surface area contributed by atoms with E-state index in [9.17, 15) is 9.90 Å². The zero-order valence-corrected chi connectivity index (χ0v) is 15.6. The summed E-state index contributed by atoms with van der Waals surface area (Å²) in [6, 6.07) is 11.7. The summed E-state index contributed by atoms with van der Waals surface area (Å²) < 4.78 is 1.86. The third kappa shape index (κ3) is 3.51. The van der Waals surface area contributed by atoms with Crippen molar-refractivity contribution in [1.82, 2.24) is 20.0 Å². The summed E-state index contributed by atoms with van der Waals surface area (Å²) in [5, 5.41) is 18.5. The molecule has 1 aromatic carbocycles. The lowest BCUT2D eigenvalue weighted by atomic mass is 9.84. The van der Waals surface area contributed by atoms with Crippen LogP contribution in [0.5, 0.6) is 0 Å². The molecule has 0 radical (unpaired) electrons. The maximum atomic E-state index is 13.5. The molecule has 6 heteroatoms. The maximum Gasteiger partial charge on any atom is 0.250 e. The van der Waals surface area contributed by atoms with Gasteiger partial charge in [-0.15, -0.1) is 0 Å². The van der Waals surface area contributed by atoms with Crippen LogP contribution < -0.4 is 5.32 Å². The average molecular weight is 368 g/mol. The number of rotatable bonds is 4.